The summed E-state index contributed by atoms with van der Waals surface area (Å²) in [6.07, 6.45) is 4.93. The SMILES string of the molecule is CCCCCc1cc(=O)c(C(=O)c2c(OC)cc(OC)cc2C(=O)O)cn1CCO. The highest BCUT2D eigenvalue weighted by Gasteiger charge is 2.26. The number of carbonyl (C=O) groups is 2. The van der Waals surface area contributed by atoms with Crippen LogP contribution < -0.4 is 14.9 Å². The molecular formula is C22H27NO7. The molecule has 0 bridgehead atoms. The van der Waals surface area contributed by atoms with Crippen molar-refractivity contribution in [1.82, 2.24) is 4.57 Å². The van der Waals surface area contributed by atoms with E-state index in [0.717, 1.165) is 25.0 Å². The minimum atomic E-state index is -1.34. The first-order chi connectivity index (χ1) is 14.4. The van der Waals surface area contributed by atoms with E-state index >= 15 is 0 Å². The van der Waals surface area contributed by atoms with Crippen LogP contribution in [0.3, 0.4) is 0 Å². The molecule has 0 aliphatic rings. The summed E-state index contributed by atoms with van der Waals surface area (Å²) in [5.41, 5.74) is -0.517. The number of methoxy groups -OCH3 is 2. The summed E-state index contributed by atoms with van der Waals surface area (Å²) < 4.78 is 12.0. The van der Waals surface area contributed by atoms with Crippen molar-refractivity contribution < 1.29 is 29.3 Å². The lowest BCUT2D eigenvalue weighted by Crippen LogP contribution is -2.23. The molecule has 0 amide bonds. The predicted molar refractivity (Wildman–Crippen MR) is 111 cm³/mol. The zero-order valence-corrected chi connectivity index (χ0v) is 17.4. The highest BCUT2D eigenvalue weighted by Crippen LogP contribution is 2.30. The Morgan fingerprint density at radius 2 is 1.80 bits per heavy atom. The molecule has 0 fully saturated rings. The number of aromatic carboxylic acids is 1. The zero-order valence-electron chi connectivity index (χ0n) is 17.4. The van der Waals surface area contributed by atoms with Crippen LogP contribution in [0.4, 0.5) is 0 Å². The van der Waals surface area contributed by atoms with Crippen LogP contribution in [0.2, 0.25) is 0 Å². The van der Waals surface area contributed by atoms with Gasteiger partial charge in [0, 0.05) is 30.6 Å². The molecule has 2 aromatic rings. The fourth-order valence-corrected chi connectivity index (χ4v) is 3.28. The zero-order chi connectivity index (χ0) is 22.3. The highest BCUT2D eigenvalue weighted by atomic mass is 16.5. The van der Waals surface area contributed by atoms with Crippen LogP contribution >= 0.6 is 0 Å². The number of pyridine rings is 1. The molecule has 8 heteroatoms. The molecule has 0 saturated carbocycles. The van der Waals surface area contributed by atoms with E-state index in [2.05, 4.69) is 6.92 Å². The van der Waals surface area contributed by atoms with Crippen molar-refractivity contribution in [1.29, 1.82) is 0 Å². The predicted octanol–water partition coefficient (Wildman–Crippen LogP) is 2.52. The Morgan fingerprint density at radius 3 is 2.37 bits per heavy atom. The second kappa shape index (κ2) is 10.6. The number of aliphatic hydroxyl groups excluding tert-OH is 1. The maximum absolute atomic E-state index is 13.2. The van der Waals surface area contributed by atoms with Crippen molar-refractivity contribution >= 4 is 11.8 Å². The van der Waals surface area contributed by atoms with Gasteiger partial charge in [0.15, 0.2) is 5.43 Å². The summed E-state index contributed by atoms with van der Waals surface area (Å²) in [4.78, 5) is 37.7. The molecule has 0 saturated heterocycles. The number of carboxylic acids is 1. The van der Waals surface area contributed by atoms with E-state index in [4.69, 9.17) is 9.47 Å². The van der Waals surface area contributed by atoms with Gasteiger partial charge in [-0.15, -0.1) is 0 Å². The molecule has 162 valence electrons. The van der Waals surface area contributed by atoms with Gasteiger partial charge in [0.25, 0.3) is 0 Å². The third-order valence-corrected chi connectivity index (χ3v) is 4.83. The van der Waals surface area contributed by atoms with Crippen LogP contribution in [0.25, 0.3) is 0 Å². The van der Waals surface area contributed by atoms with Gasteiger partial charge in [-0.25, -0.2) is 4.79 Å². The largest absolute Gasteiger partial charge is 0.497 e. The molecule has 0 unspecified atom stereocenters. The summed E-state index contributed by atoms with van der Waals surface area (Å²) in [6, 6.07) is 3.99. The van der Waals surface area contributed by atoms with Gasteiger partial charge in [0.2, 0.25) is 5.78 Å². The second-order valence-electron chi connectivity index (χ2n) is 6.80. The number of carboxylic acid groups (broad SMARTS) is 1. The number of hydrogen-bond acceptors (Lipinski definition) is 6. The van der Waals surface area contributed by atoms with Crippen LogP contribution in [0.5, 0.6) is 11.5 Å². The topological polar surface area (TPSA) is 115 Å². The maximum atomic E-state index is 13.2. The summed E-state index contributed by atoms with van der Waals surface area (Å²) in [6.45, 7) is 2.13. The number of unbranched alkanes of at least 4 members (excludes halogenated alkanes) is 2. The van der Waals surface area contributed by atoms with E-state index in [1.165, 1.54) is 38.6 Å². The number of rotatable bonds is 11. The van der Waals surface area contributed by atoms with E-state index in [-0.39, 0.29) is 41.3 Å². The summed E-state index contributed by atoms with van der Waals surface area (Å²) in [7, 11) is 2.67. The highest BCUT2D eigenvalue weighted by molar-refractivity contribution is 6.16. The summed E-state index contributed by atoms with van der Waals surface area (Å²) in [5.74, 6) is -1.90. The standard InChI is InChI=1S/C22H27NO7/c1-4-5-6-7-14-10-18(25)17(13-23(14)8-9-24)21(26)20-16(22(27)28)11-15(29-2)12-19(20)30-3/h10-13,24H,4-9H2,1-3H3,(H,27,28). The average molecular weight is 417 g/mol. The molecule has 1 aromatic heterocycles. The van der Waals surface area contributed by atoms with E-state index in [9.17, 15) is 24.6 Å². The smallest absolute Gasteiger partial charge is 0.336 e. The number of hydrogen-bond donors (Lipinski definition) is 2. The Kier molecular flexibility index (Phi) is 8.17. The molecule has 0 radical (unpaired) electrons. The lowest BCUT2D eigenvalue weighted by Gasteiger charge is -2.16. The lowest BCUT2D eigenvalue weighted by molar-refractivity contribution is 0.0691. The van der Waals surface area contributed by atoms with Crippen LogP contribution in [0.15, 0.2) is 29.2 Å². The van der Waals surface area contributed by atoms with E-state index in [1.807, 2.05) is 0 Å². The van der Waals surface area contributed by atoms with Crippen LogP contribution in [-0.4, -0.2) is 47.4 Å². The second-order valence-corrected chi connectivity index (χ2v) is 6.80. The Hall–Kier alpha value is -3.13. The molecule has 2 rings (SSSR count). The van der Waals surface area contributed by atoms with E-state index in [0.29, 0.717) is 6.42 Å². The van der Waals surface area contributed by atoms with E-state index in [1.54, 1.807) is 4.57 Å². The first kappa shape index (κ1) is 23.2. The molecule has 1 heterocycles. The molecule has 0 atom stereocenters. The molecule has 0 aliphatic heterocycles. The normalized spacial score (nSPS) is 10.7. The molecule has 30 heavy (non-hydrogen) atoms. The van der Waals surface area contributed by atoms with Gasteiger partial charge >= 0.3 is 5.97 Å². The minimum absolute atomic E-state index is 0.00289. The number of ketones is 1. The van der Waals surface area contributed by atoms with Gasteiger partial charge in [-0.2, -0.15) is 0 Å². The third-order valence-electron chi connectivity index (χ3n) is 4.83. The fraction of sp³-hybridized carbons (Fsp3) is 0.409. The van der Waals surface area contributed by atoms with Crippen LogP contribution in [0, 0.1) is 0 Å². The first-order valence-electron chi connectivity index (χ1n) is 9.76. The number of aryl methyl sites for hydroxylation is 1. The van der Waals surface area contributed by atoms with Gasteiger partial charge < -0.3 is 24.3 Å². The molecular weight excluding hydrogens is 390 g/mol. The van der Waals surface area contributed by atoms with E-state index < -0.39 is 17.2 Å². The monoisotopic (exact) mass is 417 g/mol. The number of aliphatic hydroxyl groups is 1. The van der Waals surface area contributed by atoms with Gasteiger partial charge in [0.05, 0.1) is 37.5 Å². The van der Waals surface area contributed by atoms with Gasteiger partial charge in [-0.1, -0.05) is 19.8 Å². The summed E-state index contributed by atoms with van der Waals surface area (Å²) in [5, 5.41) is 19.0. The fourth-order valence-electron chi connectivity index (χ4n) is 3.28. The molecule has 2 N–H and O–H groups in total. The van der Waals surface area contributed by atoms with Crippen molar-refractivity contribution in [3.05, 3.63) is 57.0 Å². The van der Waals surface area contributed by atoms with Crippen molar-refractivity contribution in [3.63, 3.8) is 0 Å². The maximum Gasteiger partial charge on any atom is 0.336 e. The number of aromatic nitrogens is 1. The van der Waals surface area contributed by atoms with Crippen molar-refractivity contribution in [3.8, 4) is 11.5 Å². The van der Waals surface area contributed by atoms with Gasteiger partial charge in [0.1, 0.15) is 11.5 Å². The molecule has 0 aliphatic carbocycles. The Balaban J connectivity index is 2.62. The molecule has 8 nitrogen and oxygen atoms in total. The number of nitrogens with zero attached hydrogens (tertiary/aromatic N) is 1. The summed E-state index contributed by atoms with van der Waals surface area (Å²) >= 11 is 0. The number of benzene rings is 1. The minimum Gasteiger partial charge on any atom is -0.497 e. The Morgan fingerprint density at radius 1 is 1.07 bits per heavy atom. The van der Waals surface area contributed by atoms with Crippen LogP contribution in [-0.2, 0) is 13.0 Å². The Bertz CT molecular complexity index is 978. The number of ether oxygens (including phenoxy) is 2. The van der Waals surface area contributed by atoms with Gasteiger partial charge in [-0.3, -0.25) is 9.59 Å². The van der Waals surface area contributed by atoms with Crippen LogP contribution in [0.1, 0.15) is 58.2 Å². The average Bonchev–Trinajstić information content (AvgIpc) is 2.74. The quantitative estimate of drug-likeness (QED) is 0.426. The Labute approximate surface area is 174 Å². The molecule has 0 spiro atoms. The van der Waals surface area contributed by atoms with Crippen molar-refractivity contribution in [2.45, 2.75) is 39.2 Å². The first-order valence-corrected chi connectivity index (χ1v) is 9.76. The van der Waals surface area contributed by atoms with Crippen molar-refractivity contribution in [2.75, 3.05) is 20.8 Å². The van der Waals surface area contributed by atoms with Crippen molar-refractivity contribution in [2.24, 2.45) is 0 Å². The number of carbonyl (C=O) groups excluding carboxylic acids is 1. The molecule has 1 aromatic carbocycles. The van der Waals surface area contributed by atoms with Gasteiger partial charge in [-0.05, 0) is 18.9 Å². The third kappa shape index (κ3) is 5.07. The lowest BCUT2D eigenvalue weighted by atomic mass is 9.97.